The molecule has 1 saturated carbocycles. The monoisotopic (exact) mass is 293 g/mol. The second kappa shape index (κ2) is 5.74. The van der Waals surface area contributed by atoms with Gasteiger partial charge in [0.15, 0.2) is 0 Å². The van der Waals surface area contributed by atoms with Crippen molar-refractivity contribution in [3.05, 3.63) is 34.9 Å². The van der Waals surface area contributed by atoms with Gasteiger partial charge in [0, 0.05) is 30.2 Å². The van der Waals surface area contributed by atoms with Crippen molar-refractivity contribution in [2.24, 2.45) is 5.92 Å². The van der Waals surface area contributed by atoms with Crippen molar-refractivity contribution in [3.8, 4) is 0 Å². The molecule has 1 aromatic carbocycles. The molecule has 0 bridgehead atoms. The smallest absolute Gasteiger partial charge is 0.220 e. The molecule has 0 unspecified atom stereocenters. The zero-order chi connectivity index (χ0) is 14.0. The summed E-state index contributed by atoms with van der Waals surface area (Å²) < 4.78 is 5.32. The lowest BCUT2D eigenvalue weighted by molar-refractivity contribution is -0.123. The highest BCUT2D eigenvalue weighted by Gasteiger charge is 2.44. The predicted molar refractivity (Wildman–Crippen MR) is 78.8 cm³/mol. The average Bonchev–Trinajstić information content (AvgIpc) is 2.96. The first-order valence-electron chi connectivity index (χ1n) is 7.28. The standard InChI is InChI=1S/C16H20ClNO2/c17-14-3-1-12(2-4-14)10-16(6-7-16)18-15(19)9-13-5-8-20-11-13/h1-4,13H,5-11H2,(H,18,19)/t13-/m0/s1. The van der Waals surface area contributed by atoms with E-state index in [1.807, 2.05) is 24.3 Å². The van der Waals surface area contributed by atoms with Gasteiger partial charge < -0.3 is 10.1 Å². The fourth-order valence-electron chi connectivity index (χ4n) is 2.84. The number of rotatable bonds is 5. The molecule has 1 atom stereocenters. The molecule has 1 aliphatic heterocycles. The van der Waals surface area contributed by atoms with Gasteiger partial charge in [-0.3, -0.25) is 4.79 Å². The number of halogens is 1. The van der Waals surface area contributed by atoms with Crippen LogP contribution in [0.5, 0.6) is 0 Å². The van der Waals surface area contributed by atoms with Gasteiger partial charge in [-0.1, -0.05) is 23.7 Å². The molecular weight excluding hydrogens is 274 g/mol. The van der Waals surface area contributed by atoms with Gasteiger partial charge in [-0.25, -0.2) is 0 Å². The normalized spacial score (nSPS) is 23.6. The molecule has 4 heteroatoms. The van der Waals surface area contributed by atoms with Crippen molar-refractivity contribution in [3.63, 3.8) is 0 Å². The molecule has 1 aliphatic carbocycles. The first kappa shape index (κ1) is 13.9. The lowest BCUT2D eigenvalue weighted by atomic mass is 10.0. The summed E-state index contributed by atoms with van der Waals surface area (Å²) in [6.07, 6.45) is 4.65. The Kier molecular flexibility index (Phi) is 3.99. The lowest BCUT2D eigenvalue weighted by Gasteiger charge is -2.18. The van der Waals surface area contributed by atoms with Gasteiger partial charge in [0.2, 0.25) is 5.91 Å². The van der Waals surface area contributed by atoms with E-state index in [1.54, 1.807) is 0 Å². The molecule has 0 aromatic heterocycles. The quantitative estimate of drug-likeness (QED) is 0.906. The number of ether oxygens (including phenoxy) is 1. The number of hydrogen-bond donors (Lipinski definition) is 1. The molecule has 2 aliphatic rings. The molecule has 3 nitrogen and oxygen atoms in total. The van der Waals surface area contributed by atoms with E-state index in [9.17, 15) is 4.79 Å². The molecule has 1 N–H and O–H groups in total. The SMILES string of the molecule is O=C(C[C@@H]1CCOC1)NC1(Cc2ccc(Cl)cc2)CC1. The summed E-state index contributed by atoms with van der Waals surface area (Å²) in [7, 11) is 0. The maximum absolute atomic E-state index is 12.1. The molecule has 2 fully saturated rings. The van der Waals surface area contributed by atoms with Gasteiger partial charge >= 0.3 is 0 Å². The van der Waals surface area contributed by atoms with E-state index < -0.39 is 0 Å². The van der Waals surface area contributed by atoms with Crippen LogP contribution in [0.4, 0.5) is 0 Å². The van der Waals surface area contributed by atoms with Crippen molar-refractivity contribution in [1.29, 1.82) is 0 Å². The maximum atomic E-state index is 12.1. The number of carbonyl (C=O) groups is 1. The number of amides is 1. The molecular formula is C16H20ClNO2. The van der Waals surface area contributed by atoms with E-state index >= 15 is 0 Å². The van der Waals surface area contributed by atoms with Gasteiger partial charge in [-0.15, -0.1) is 0 Å². The van der Waals surface area contributed by atoms with Crippen LogP contribution in [-0.2, 0) is 16.0 Å². The van der Waals surface area contributed by atoms with Crippen LogP contribution in [-0.4, -0.2) is 24.7 Å². The number of nitrogens with one attached hydrogen (secondary N) is 1. The number of benzene rings is 1. The van der Waals surface area contributed by atoms with Crippen LogP contribution >= 0.6 is 11.6 Å². The van der Waals surface area contributed by atoms with E-state index in [0.29, 0.717) is 12.3 Å². The molecule has 0 radical (unpaired) electrons. The minimum atomic E-state index is -0.00955. The van der Waals surface area contributed by atoms with E-state index in [4.69, 9.17) is 16.3 Å². The fourth-order valence-corrected chi connectivity index (χ4v) is 2.97. The van der Waals surface area contributed by atoms with Gasteiger partial charge in [0.25, 0.3) is 0 Å². The first-order valence-corrected chi connectivity index (χ1v) is 7.66. The van der Waals surface area contributed by atoms with E-state index in [0.717, 1.165) is 43.9 Å². The molecule has 108 valence electrons. The highest BCUT2D eigenvalue weighted by Crippen LogP contribution is 2.39. The maximum Gasteiger partial charge on any atom is 0.220 e. The summed E-state index contributed by atoms with van der Waals surface area (Å²) in [6.45, 7) is 1.53. The van der Waals surface area contributed by atoms with Gasteiger partial charge in [-0.2, -0.15) is 0 Å². The summed E-state index contributed by atoms with van der Waals surface area (Å²) in [5, 5.41) is 3.98. The van der Waals surface area contributed by atoms with E-state index in [2.05, 4.69) is 5.32 Å². The molecule has 1 heterocycles. The fraction of sp³-hybridized carbons (Fsp3) is 0.562. The van der Waals surface area contributed by atoms with Gasteiger partial charge in [-0.05, 0) is 49.3 Å². The van der Waals surface area contributed by atoms with Crippen LogP contribution in [0.25, 0.3) is 0 Å². The van der Waals surface area contributed by atoms with E-state index in [-0.39, 0.29) is 11.4 Å². The molecule has 1 saturated heterocycles. The lowest BCUT2D eigenvalue weighted by Crippen LogP contribution is -2.39. The molecule has 1 aromatic rings. The summed E-state index contributed by atoms with van der Waals surface area (Å²) in [6, 6.07) is 7.90. The Morgan fingerprint density at radius 2 is 2.10 bits per heavy atom. The van der Waals surface area contributed by atoms with Crippen molar-refractivity contribution in [2.45, 2.75) is 37.6 Å². The predicted octanol–water partition coefficient (Wildman–Crippen LogP) is 2.96. The number of carbonyl (C=O) groups excluding carboxylic acids is 1. The zero-order valence-electron chi connectivity index (χ0n) is 11.5. The molecule has 20 heavy (non-hydrogen) atoms. The Labute approximate surface area is 124 Å². The summed E-state index contributed by atoms with van der Waals surface area (Å²) in [5.74, 6) is 0.577. The van der Waals surface area contributed by atoms with Gasteiger partial charge in [0.1, 0.15) is 0 Å². The first-order chi connectivity index (χ1) is 9.65. The largest absolute Gasteiger partial charge is 0.381 e. The Hall–Kier alpha value is -1.06. The third-order valence-corrected chi connectivity index (χ3v) is 4.46. The van der Waals surface area contributed by atoms with Crippen LogP contribution in [0.2, 0.25) is 5.02 Å². The Morgan fingerprint density at radius 3 is 2.70 bits per heavy atom. The summed E-state index contributed by atoms with van der Waals surface area (Å²) in [4.78, 5) is 12.1. The second-order valence-corrected chi connectivity index (χ2v) is 6.50. The van der Waals surface area contributed by atoms with Gasteiger partial charge in [0.05, 0.1) is 0 Å². The Morgan fingerprint density at radius 1 is 1.35 bits per heavy atom. The third-order valence-electron chi connectivity index (χ3n) is 4.21. The summed E-state index contributed by atoms with van der Waals surface area (Å²) >= 11 is 5.90. The van der Waals surface area contributed by atoms with Crippen molar-refractivity contribution in [2.75, 3.05) is 13.2 Å². The zero-order valence-corrected chi connectivity index (χ0v) is 12.3. The minimum Gasteiger partial charge on any atom is -0.381 e. The van der Waals surface area contributed by atoms with Crippen molar-refractivity contribution < 1.29 is 9.53 Å². The highest BCUT2D eigenvalue weighted by molar-refractivity contribution is 6.30. The summed E-state index contributed by atoms with van der Waals surface area (Å²) in [5.41, 5.74) is 1.22. The topological polar surface area (TPSA) is 38.3 Å². The van der Waals surface area contributed by atoms with Crippen LogP contribution in [0.15, 0.2) is 24.3 Å². The third kappa shape index (κ3) is 3.53. The molecule has 0 spiro atoms. The minimum absolute atomic E-state index is 0.00955. The molecule has 3 rings (SSSR count). The van der Waals surface area contributed by atoms with E-state index in [1.165, 1.54) is 5.56 Å². The number of hydrogen-bond acceptors (Lipinski definition) is 2. The second-order valence-electron chi connectivity index (χ2n) is 6.07. The van der Waals surface area contributed by atoms with Crippen molar-refractivity contribution in [1.82, 2.24) is 5.32 Å². The van der Waals surface area contributed by atoms with Crippen LogP contribution in [0, 0.1) is 5.92 Å². The van der Waals surface area contributed by atoms with Crippen LogP contribution in [0.1, 0.15) is 31.2 Å². The van der Waals surface area contributed by atoms with Crippen molar-refractivity contribution >= 4 is 17.5 Å². The Balaban J connectivity index is 1.53. The van der Waals surface area contributed by atoms with Crippen LogP contribution < -0.4 is 5.32 Å². The average molecular weight is 294 g/mol. The highest BCUT2D eigenvalue weighted by atomic mass is 35.5. The Bertz CT molecular complexity index is 476. The van der Waals surface area contributed by atoms with Crippen LogP contribution in [0.3, 0.4) is 0 Å². The molecule has 1 amide bonds.